The van der Waals surface area contributed by atoms with Crippen LogP contribution in [-0.2, 0) is 6.54 Å². The maximum Gasteiger partial charge on any atom is 0.286 e. The first-order valence-corrected chi connectivity index (χ1v) is 9.40. The molecule has 134 valence electrons. The molecule has 1 saturated carbocycles. The van der Waals surface area contributed by atoms with Crippen molar-refractivity contribution in [1.29, 1.82) is 0 Å². The molecular weight excluding hydrogens is 339 g/mol. The van der Waals surface area contributed by atoms with E-state index >= 15 is 0 Å². The Hall–Kier alpha value is -1.86. The Morgan fingerprint density at radius 2 is 1.96 bits per heavy atom. The predicted octanol–water partition coefficient (Wildman–Crippen LogP) is 3.94. The SMILES string of the molecule is CC(C)[C@H](C)N(Cc1nnc(C(=O)Nc2ccc(F)cc2)s1)C1CC1. The van der Waals surface area contributed by atoms with E-state index in [-0.39, 0.29) is 11.7 Å². The standard InChI is InChI=1S/C18H23FN4OS/c1-11(2)12(3)23(15-8-9-15)10-16-21-22-18(25-16)17(24)20-14-6-4-13(19)5-7-14/h4-7,11-12,15H,8-10H2,1-3H3,(H,20,24)/t12-/m0/s1. The van der Waals surface area contributed by atoms with Crippen LogP contribution in [0.2, 0.25) is 0 Å². The molecular formula is C18H23FN4OS. The molecule has 0 radical (unpaired) electrons. The summed E-state index contributed by atoms with van der Waals surface area (Å²) in [5.74, 6) is -0.0874. The molecule has 0 aliphatic heterocycles. The molecule has 1 N–H and O–H groups in total. The van der Waals surface area contributed by atoms with Crippen LogP contribution in [0.25, 0.3) is 0 Å². The number of nitrogens with one attached hydrogen (secondary N) is 1. The number of carbonyl (C=O) groups excluding carboxylic acids is 1. The highest BCUT2D eigenvalue weighted by Gasteiger charge is 2.34. The summed E-state index contributed by atoms with van der Waals surface area (Å²) >= 11 is 1.32. The van der Waals surface area contributed by atoms with E-state index in [2.05, 4.69) is 41.2 Å². The molecule has 1 atom stereocenters. The largest absolute Gasteiger partial charge is 0.320 e. The first kappa shape index (κ1) is 17.9. The second-order valence-electron chi connectivity index (χ2n) is 6.85. The molecule has 0 saturated heterocycles. The van der Waals surface area contributed by atoms with Gasteiger partial charge in [-0.25, -0.2) is 4.39 Å². The second kappa shape index (κ2) is 7.58. The van der Waals surface area contributed by atoms with Crippen molar-refractivity contribution >= 4 is 22.9 Å². The van der Waals surface area contributed by atoms with Gasteiger partial charge >= 0.3 is 0 Å². The van der Waals surface area contributed by atoms with Gasteiger partial charge in [0.2, 0.25) is 5.01 Å². The minimum Gasteiger partial charge on any atom is -0.320 e. The van der Waals surface area contributed by atoms with E-state index in [1.54, 1.807) is 0 Å². The molecule has 0 bridgehead atoms. The first-order valence-electron chi connectivity index (χ1n) is 8.59. The van der Waals surface area contributed by atoms with Crippen LogP contribution in [0.15, 0.2) is 24.3 Å². The van der Waals surface area contributed by atoms with Crippen LogP contribution in [0.1, 0.15) is 48.4 Å². The van der Waals surface area contributed by atoms with Gasteiger partial charge in [-0.3, -0.25) is 9.69 Å². The Morgan fingerprint density at radius 1 is 1.28 bits per heavy atom. The summed E-state index contributed by atoms with van der Waals surface area (Å²) in [6.07, 6.45) is 2.46. The lowest BCUT2D eigenvalue weighted by atomic mass is 10.0. The fourth-order valence-electron chi connectivity index (χ4n) is 2.68. The smallest absolute Gasteiger partial charge is 0.286 e. The van der Waals surface area contributed by atoms with Gasteiger partial charge < -0.3 is 5.32 Å². The Bertz CT molecular complexity index is 727. The van der Waals surface area contributed by atoms with Crippen LogP contribution in [0.5, 0.6) is 0 Å². The Labute approximate surface area is 151 Å². The van der Waals surface area contributed by atoms with Crippen LogP contribution >= 0.6 is 11.3 Å². The Morgan fingerprint density at radius 3 is 2.56 bits per heavy atom. The number of aromatic nitrogens is 2. The van der Waals surface area contributed by atoms with Gasteiger partial charge in [-0.2, -0.15) is 0 Å². The number of anilines is 1. The summed E-state index contributed by atoms with van der Waals surface area (Å²) < 4.78 is 12.9. The van der Waals surface area contributed by atoms with Crippen LogP contribution in [0, 0.1) is 11.7 Å². The van der Waals surface area contributed by atoms with E-state index in [1.807, 2.05) is 0 Å². The minimum atomic E-state index is -0.337. The number of hydrogen-bond donors (Lipinski definition) is 1. The third-order valence-electron chi connectivity index (χ3n) is 4.58. The summed E-state index contributed by atoms with van der Waals surface area (Å²) in [5.41, 5.74) is 0.538. The normalized spacial score (nSPS) is 15.6. The fraction of sp³-hybridized carbons (Fsp3) is 0.500. The zero-order valence-corrected chi connectivity index (χ0v) is 15.5. The van der Waals surface area contributed by atoms with Crippen molar-refractivity contribution in [3.8, 4) is 0 Å². The molecule has 1 heterocycles. The van der Waals surface area contributed by atoms with Gasteiger partial charge in [-0.1, -0.05) is 25.2 Å². The van der Waals surface area contributed by atoms with Crippen molar-refractivity contribution in [3.05, 3.63) is 40.1 Å². The third-order valence-corrected chi connectivity index (χ3v) is 5.49. The van der Waals surface area contributed by atoms with Crippen molar-refractivity contribution < 1.29 is 9.18 Å². The highest BCUT2D eigenvalue weighted by atomic mass is 32.1. The lowest BCUT2D eigenvalue weighted by Crippen LogP contribution is -2.37. The van der Waals surface area contributed by atoms with Crippen molar-refractivity contribution in [1.82, 2.24) is 15.1 Å². The maximum atomic E-state index is 12.9. The molecule has 1 aliphatic carbocycles. The average Bonchev–Trinajstić information content (AvgIpc) is 3.32. The van der Waals surface area contributed by atoms with Crippen LogP contribution in [0.3, 0.4) is 0 Å². The summed E-state index contributed by atoms with van der Waals surface area (Å²) in [6.45, 7) is 7.42. The summed E-state index contributed by atoms with van der Waals surface area (Å²) in [4.78, 5) is 14.7. The van der Waals surface area contributed by atoms with Crippen molar-refractivity contribution in [3.63, 3.8) is 0 Å². The van der Waals surface area contributed by atoms with Crippen molar-refractivity contribution in [2.45, 2.75) is 52.2 Å². The van der Waals surface area contributed by atoms with Crippen molar-refractivity contribution in [2.24, 2.45) is 5.92 Å². The summed E-state index contributed by atoms with van der Waals surface area (Å²) in [6, 6.07) is 6.75. The molecule has 7 heteroatoms. The van der Waals surface area contributed by atoms with Crippen LogP contribution < -0.4 is 5.32 Å². The van der Waals surface area contributed by atoms with E-state index in [1.165, 1.54) is 48.4 Å². The van der Waals surface area contributed by atoms with E-state index in [0.717, 1.165) is 11.6 Å². The molecule has 1 aromatic carbocycles. The Kier molecular flexibility index (Phi) is 5.44. The van der Waals surface area contributed by atoms with Crippen molar-refractivity contribution in [2.75, 3.05) is 5.32 Å². The van der Waals surface area contributed by atoms with Gasteiger partial charge in [0, 0.05) is 17.8 Å². The van der Waals surface area contributed by atoms with Gasteiger partial charge in [0.05, 0.1) is 6.54 Å². The third kappa shape index (κ3) is 4.61. The topological polar surface area (TPSA) is 58.1 Å². The van der Waals surface area contributed by atoms with Gasteiger partial charge in [-0.05, 0) is 49.9 Å². The number of carbonyl (C=O) groups is 1. The van der Waals surface area contributed by atoms with Gasteiger partial charge in [0.15, 0.2) is 0 Å². The number of halogens is 1. The molecule has 1 fully saturated rings. The van der Waals surface area contributed by atoms with E-state index in [4.69, 9.17) is 0 Å². The number of benzene rings is 1. The van der Waals surface area contributed by atoms with E-state index < -0.39 is 0 Å². The average molecular weight is 362 g/mol. The molecule has 1 aromatic heterocycles. The second-order valence-corrected chi connectivity index (χ2v) is 7.91. The van der Waals surface area contributed by atoms with Crippen LogP contribution in [-0.4, -0.2) is 33.1 Å². The molecule has 1 aliphatic rings. The Balaban J connectivity index is 1.64. The maximum absolute atomic E-state index is 12.9. The van der Waals surface area contributed by atoms with Gasteiger partial charge in [-0.15, -0.1) is 10.2 Å². The zero-order valence-electron chi connectivity index (χ0n) is 14.7. The van der Waals surface area contributed by atoms with Gasteiger partial charge in [0.1, 0.15) is 10.8 Å². The lowest BCUT2D eigenvalue weighted by Gasteiger charge is -2.30. The van der Waals surface area contributed by atoms with Crippen LogP contribution in [0.4, 0.5) is 10.1 Å². The molecule has 2 aromatic rings. The minimum absolute atomic E-state index is 0.315. The summed E-state index contributed by atoms with van der Waals surface area (Å²) in [7, 11) is 0. The number of amides is 1. The monoisotopic (exact) mass is 362 g/mol. The molecule has 1 amide bonds. The first-order chi connectivity index (χ1) is 11.9. The molecule has 0 unspecified atom stereocenters. The number of hydrogen-bond acceptors (Lipinski definition) is 5. The van der Waals surface area contributed by atoms with E-state index in [9.17, 15) is 9.18 Å². The lowest BCUT2D eigenvalue weighted by molar-refractivity contribution is 0.102. The number of rotatable bonds is 7. The van der Waals surface area contributed by atoms with Gasteiger partial charge in [0.25, 0.3) is 5.91 Å². The zero-order chi connectivity index (χ0) is 18.0. The summed E-state index contributed by atoms with van der Waals surface area (Å²) in [5, 5.41) is 12.1. The highest BCUT2D eigenvalue weighted by Crippen LogP contribution is 2.32. The molecule has 25 heavy (non-hydrogen) atoms. The highest BCUT2D eigenvalue weighted by molar-refractivity contribution is 7.13. The molecule has 3 rings (SSSR count). The molecule has 5 nitrogen and oxygen atoms in total. The predicted molar refractivity (Wildman–Crippen MR) is 97.1 cm³/mol. The number of nitrogens with zero attached hydrogens (tertiary/aromatic N) is 3. The quantitative estimate of drug-likeness (QED) is 0.810. The fourth-order valence-corrected chi connectivity index (χ4v) is 3.42. The van der Waals surface area contributed by atoms with E-state index in [0.29, 0.717) is 28.7 Å². The molecule has 0 spiro atoms.